The highest BCUT2D eigenvalue weighted by Gasteiger charge is 2.17. The Balaban J connectivity index is 1.66. The van der Waals surface area contributed by atoms with Gasteiger partial charge in [-0.1, -0.05) is 0 Å². The Hall–Kier alpha value is -2.67. The van der Waals surface area contributed by atoms with Crippen LogP contribution in [0.4, 0.5) is 11.4 Å². The van der Waals surface area contributed by atoms with E-state index < -0.39 is 6.04 Å². The second kappa shape index (κ2) is 7.27. The fourth-order valence-electron chi connectivity index (χ4n) is 2.59. The maximum Gasteiger partial charge on any atom is 0.267 e. The maximum atomic E-state index is 12.3. The predicted molar refractivity (Wildman–Crippen MR) is 91.3 cm³/mol. The second-order valence-electron chi connectivity index (χ2n) is 5.62. The van der Waals surface area contributed by atoms with Gasteiger partial charge in [0.25, 0.3) is 5.56 Å². The van der Waals surface area contributed by atoms with Crippen molar-refractivity contribution in [1.82, 2.24) is 9.78 Å². The van der Waals surface area contributed by atoms with E-state index in [4.69, 9.17) is 4.74 Å². The van der Waals surface area contributed by atoms with Gasteiger partial charge < -0.3 is 15.0 Å². The molecule has 1 aliphatic rings. The molecule has 24 heavy (non-hydrogen) atoms. The van der Waals surface area contributed by atoms with E-state index in [2.05, 4.69) is 15.3 Å². The van der Waals surface area contributed by atoms with Crippen molar-refractivity contribution in [3.05, 3.63) is 52.9 Å². The molecule has 1 unspecified atom stereocenters. The van der Waals surface area contributed by atoms with Gasteiger partial charge in [-0.05, 0) is 37.3 Å². The lowest BCUT2D eigenvalue weighted by molar-refractivity contribution is -0.119. The zero-order valence-electron chi connectivity index (χ0n) is 13.5. The third-order valence-corrected chi connectivity index (χ3v) is 4.00. The molecule has 126 valence electrons. The van der Waals surface area contributed by atoms with Crippen molar-refractivity contribution in [2.24, 2.45) is 0 Å². The maximum absolute atomic E-state index is 12.3. The standard InChI is InChI=1S/C17H20N4O3/c1-13(21-16(22)3-2-8-18-21)17(23)19-14-4-6-15(7-5-14)20-9-11-24-12-10-20/h2-8,13H,9-12H2,1H3,(H,19,23). The molecule has 1 fully saturated rings. The first kappa shape index (κ1) is 16.2. The minimum atomic E-state index is -0.683. The predicted octanol–water partition coefficient (Wildman–Crippen LogP) is 1.28. The van der Waals surface area contributed by atoms with E-state index in [1.165, 1.54) is 12.3 Å². The highest BCUT2D eigenvalue weighted by Crippen LogP contribution is 2.19. The van der Waals surface area contributed by atoms with Gasteiger partial charge in [0.1, 0.15) is 6.04 Å². The number of carbonyl (C=O) groups excluding carboxylic acids is 1. The molecular formula is C17H20N4O3. The number of carbonyl (C=O) groups is 1. The molecule has 7 nitrogen and oxygen atoms in total. The molecular weight excluding hydrogens is 308 g/mol. The molecule has 0 spiro atoms. The Kier molecular flexibility index (Phi) is 4.90. The Morgan fingerprint density at radius 3 is 2.58 bits per heavy atom. The van der Waals surface area contributed by atoms with Crippen LogP contribution in [-0.2, 0) is 9.53 Å². The zero-order chi connectivity index (χ0) is 16.9. The highest BCUT2D eigenvalue weighted by molar-refractivity contribution is 5.93. The summed E-state index contributed by atoms with van der Waals surface area (Å²) in [5.41, 5.74) is 1.49. The molecule has 1 atom stereocenters. The quantitative estimate of drug-likeness (QED) is 0.915. The van der Waals surface area contributed by atoms with E-state index in [0.717, 1.165) is 36.7 Å². The van der Waals surface area contributed by atoms with Gasteiger partial charge in [0, 0.05) is 36.7 Å². The van der Waals surface area contributed by atoms with Crippen molar-refractivity contribution >= 4 is 17.3 Å². The van der Waals surface area contributed by atoms with E-state index in [-0.39, 0.29) is 11.5 Å². The van der Waals surface area contributed by atoms with Crippen molar-refractivity contribution in [3.63, 3.8) is 0 Å². The Morgan fingerprint density at radius 2 is 1.92 bits per heavy atom. The van der Waals surface area contributed by atoms with Crippen LogP contribution in [0.2, 0.25) is 0 Å². The smallest absolute Gasteiger partial charge is 0.267 e. The summed E-state index contributed by atoms with van der Waals surface area (Å²) in [6.07, 6.45) is 1.49. The summed E-state index contributed by atoms with van der Waals surface area (Å²) in [6, 6.07) is 9.91. The number of benzene rings is 1. The molecule has 2 heterocycles. The molecule has 1 aromatic heterocycles. The number of anilines is 2. The largest absolute Gasteiger partial charge is 0.378 e. The molecule has 1 N–H and O–H groups in total. The number of hydrogen-bond acceptors (Lipinski definition) is 5. The van der Waals surface area contributed by atoms with E-state index in [9.17, 15) is 9.59 Å². The molecule has 0 radical (unpaired) electrons. The molecule has 1 aromatic carbocycles. The number of nitrogens with one attached hydrogen (secondary N) is 1. The average Bonchev–Trinajstić information content (AvgIpc) is 2.63. The molecule has 0 saturated carbocycles. The van der Waals surface area contributed by atoms with E-state index in [1.54, 1.807) is 13.0 Å². The molecule has 3 rings (SSSR count). The Bertz CT molecular complexity index is 751. The van der Waals surface area contributed by atoms with Crippen LogP contribution in [0.3, 0.4) is 0 Å². The molecule has 0 bridgehead atoms. The van der Waals surface area contributed by atoms with E-state index >= 15 is 0 Å². The topological polar surface area (TPSA) is 76.5 Å². The van der Waals surface area contributed by atoms with Gasteiger partial charge in [0.15, 0.2) is 0 Å². The summed E-state index contributed by atoms with van der Waals surface area (Å²) in [5, 5.41) is 6.76. The molecule has 1 aliphatic heterocycles. The van der Waals surface area contributed by atoms with Crippen LogP contribution in [0, 0.1) is 0 Å². The number of ether oxygens (including phenoxy) is 1. The number of hydrogen-bond donors (Lipinski definition) is 1. The van der Waals surface area contributed by atoms with Crippen LogP contribution in [0.15, 0.2) is 47.4 Å². The summed E-state index contributed by atoms with van der Waals surface area (Å²) < 4.78 is 6.51. The van der Waals surface area contributed by atoms with Crippen molar-refractivity contribution in [3.8, 4) is 0 Å². The highest BCUT2D eigenvalue weighted by atomic mass is 16.5. The van der Waals surface area contributed by atoms with Crippen LogP contribution >= 0.6 is 0 Å². The first-order valence-corrected chi connectivity index (χ1v) is 7.92. The molecule has 7 heteroatoms. The second-order valence-corrected chi connectivity index (χ2v) is 5.62. The number of amides is 1. The monoisotopic (exact) mass is 328 g/mol. The number of nitrogens with zero attached hydrogens (tertiary/aromatic N) is 3. The fraction of sp³-hybridized carbons (Fsp3) is 0.353. The minimum Gasteiger partial charge on any atom is -0.378 e. The molecule has 2 aromatic rings. The van der Waals surface area contributed by atoms with Crippen molar-refractivity contribution in [2.45, 2.75) is 13.0 Å². The first-order chi connectivity index (χ1) is 11.6. The Labute approximate surface area is 139 Å². The number of morpholine rings is 1. The normalized spacial score (nSPS) is 15.8. The van der Waals surface area contributed by atoms with Crippen molar-refractivity contribution in [1.29, 1.82) is 0 Å². The van der Waals surface area contributed by atoms with Gasteiger partial charge in [0.2, 0.25) is 5.91 Å². The number of rotatable bonds is 4. The van der Waals surface area contributed by atoms with E-state index in [1.807, 2.05) is 24.3 Å². The summed E-state index contributed by atoms with van der Waals surface area (Å²) in [5.74, 6) is -0.282. The van der Waals surface area contributed by atoms with Crippen molar-refractivity contribution < 1.29 is 9.53 Å². The fourth-order valence-corrected chi connectivity index (χ4v) is 2.59. The van der Waals surface area contributed by atoms with Gasteiger partial charge in [-0.15, -0.1) is 0 Å². The van der Waals surface area contributed by atoms with Crippen molar-refractivity contribution in [2.75, 3.05) is 36.5 Å². The molecule has 0 aliphatic carbocycles. The summed E-state index contributed by atoms with van der Waals surface area (Å²) in [4.78, 5) is 26.3. The first-order valence-electron chi connectivity index (χ1n) is 7.92. The zero-order valence-corrected chi connectivity index (χ0v) is 13.5. The lowest BCUT2D eigenvalue weighted by atomic mass is 10.2. The van der Waals surface area contributed by atoms with Gasteiger partial charge in [-0.3, -0.25) is 9.59 Å². The van der Waals surface area contributed by atoms with Crippen LogP contribution < -0.4 is 15.8 Å². The number of aromatic nitrogens is 2. The van der Waals surface area contributed by atoms with Gasteiger partial charge >= 0.3 is 0 Å². The minimum absolute atomic E-state index is 0.282. The SMILES string of the molecule is CC(C(=O)Nc1ccc(N2CCOCC2)cc1)n1ncccc1=O. The summed E-state index contributed by atoms with van der Waals surface area (Å²) in [6.45, 7) is 4.84. The van der Waals surface area contributed by atoms with Gasteiger partial charge in [-0.25, -0.2) is 4.68 Å². The lowest BCUT2D eigenvalue weighted by Gasteiger charge is -2.29. The van der Waals surface area contributed by atoms with E-state index in [0.29, 0.717) is 5.69 Å². The molecule has 1 amide bonds. The van der Waals surface area contributed by atoms with Crippen LogP contribution in [0.5, 0.6) is 0 Å². The third kappa shape index (κ3) is 3.62. The van der Waals surface area contributed by atoms with Crippen LogP contribution in [0.1, 0.15) is 13.0 Å². The Morgan fingerprint density at radius 1 is 1.21 bits per heavy atom. The van der Waals surface area contributed by atoms with Crippen LogP contribution in [0.25, 0.3) is 0 Å². The summed E-state index contributed by atoms with van der Waals surface area (Å²) >= 11 is 0. The van der Waals surface area contributed by atoms with Crippen LogP contribution in [-0.4, -0.2) is 42.0 Å². The third-order valence-electron chi connectivity index (χ3n) is 4.00. The van der Waals surface area contributed by atoms with Gasteiger partial charge in [0.05, 0.1) is 13.2 Å². The molecule has 1 saturated heterocycles. The lowest BCUT2D eigenvalue weighted by Crippen LogP contribution is -2.36. The van der Waals surface area contributed by atoms with Gasteiger partial charge in [-0.2, -0.15) is 5.10 Å². The average molecular weight is 328 g/mol. The summed E-state index contributed by atoms with van der Waals surface area (Å²) in [7, 11) is 0.